The zero-order chi connectivity index (χ0) is 13.5. The van der Waals surface area contributed by atoms with E-state index in [0.717, 1.165) is 52.0 Å². The van der Waals surface area contributed by atoms with E-state index in [2.05, 4.69) is 27.8 Å². The van der Waals surface area contributed by atoms with Gasteiger partial charge in [0.15, 0.2) is 0 Å². The summed E-state index contributed by atoms with van der Waals surface area (Å²) in [6, 6.07) is 2.07. The smallest absolute Gasteiger partial charge is 0.0894 e. The normalized spacial score (nSPS) is 16.8. The van der Waals surface area contributed by atoms with Crippen LogP contribution in [0.25, 0.3) is 0 Å². The Kier molecular flexibility index (Phi) is 5.58. The molecule has 2 rings (SSSR count). The molecule has 1 saturated heterocycles. The van der Waals surface area contributed by atoms with Crippen molar-refractivity contribution in [1.82, 2.24) is 9.88 Å². The molecule has 0 amide bonds. The summed E-state index contributed by atoms with van der Waals surface area (Å²) < 4.78 is 12.0. The van der Waals surface area contributed by atoms with Crippen LogP contribution in [0.15, 0.2) is 18.5 Å². The Hall–Kier alpha value is -1.16. The van der Waals surface area contributed by atoms with E-state index in [1.54, 1.807) is 0 Å². The number of halogens is 1. The zero-order valence-electron chi connectivity index (χ0n) is 11.8. The highest BCUT2D eigenvalue weighted by molar-refractivity contribution is 5.51. The molecule has 0 unspecified atom stereocenters. The van der Waals surface area contributed by atoms with Gasteiger partial charge in [-0.1, -0.05) is 0 Å². The molecule has 1 aromatic heterocycles. The van der Waals surface area contributed by atoms with Gasteiger partial charge in [-0.3, -0.25) is 14.3 Å². The predicted octanol–water partition coefficient (Wildman–Crippen LogP) is 2.65. The maximum atomic E-state index is 12.0. The number of hydrogen-bond acceptors (Lipinski definition) is 3. The minimum atomic E-state index is -0.173. The van der Waals surface area contributed by atoms with Gasteiger partial charge in [0.05, 0.1) is 18.6 Å². The minimum Gasteiger partial charge on any atom is -0.368 e. The molecular weight excluding hydrogens is 241 g/mol. The molecule has 0 radical (unpaired) electrons. The fourth-order valence-corrected chi connectivity index (χ4v) is 2.61. The summed E-state index contributed by atoms with van der Waals surface area (Å²) in [5, 5.41) is 0. The summed E-state index contributed by atoms with van der Waals surface area (Å²) in [5.74, 6) is 0. The van der Waals surface area contributed by atoms with E-state index in [-0.39, 0.29) is 6.67 Å². The maximum absolute atomic E-state index is 12.0. The molecular formula is C15H24FN3. The molecule has 1 aromatic rings. The average Bonchev–Trinajstić information content (AvgIpc) is 2.45. The molecule has 0 bridgehead atoms. The van der Waals surface area contributed by atoms with Gasteiger partial charge in [-0.05, 0) is 44.4 Å². The van der Waals surface area contributed by atoms with Crippen molar-refractivity contribution in [1.29, 1.82) is 0 Å². The Bertz CT molecular complexity index is 375. The topological polar surface area (TPSA) is 19.4 Å². The third-order valence-corrected chi connectivity index (χ3v) is 3.83. The van der Waals surface area contributed by atoms with Crippen LogP contribution in [0.5, 0.6) is 0 Å². The summed E-state index contributed by atoms with van der Waals surface area (Å²) in [7, 11) is 0. The number of rotatable bonds is 6. The van der Waals surface area contributed by atoms with Gasteiger partial charge in [0.25, 0.3) is 0 Å². The SMILES string of the molecule is Cc1ccncc1N1CCN(CCCCCF)CC1. The molecule has 106 valence electrons. The highest BCUT2D eigenvalue weighted by atomic mass is 19.1. The van der Waals surface area contributed by atoms with Crippen molar-refractivity contribution in [3.8, 4) is 0 Å². The summed E-state index contributed by atoms with van der Waals surface area (Å²) in [6.45, 7) is 7.41. The molecule has 0 saturated carbocycles. The third-order valence-electron chi connectivity index (χ3n) is 3.83. The summed E-state index contributed by atoms with van der Waals surface area (Å²) in [5.41, 5.74) is 2.56. The van der Waals surface area contributed by atoms with Crippen LogP contribution in [0.3, 0.4) is 0 Å². The lowest BCUT2D eigenvalue weighted by Crippen LogP contribution is -2.46. The van der Waals surface area contributed by atoms with Crippen molar-refractivity contribution in [2.75, 3.05) is 44.3 Å². The zero-order valence-corrected chi connectivity index (χ0v) is 11.8. The molecule has 0 N–H and O–H groups in total. The van der Waals surface area contributed by atoms with Gasteiger partial charge in [0.1, 0.15) is 0 Å². The maximum Gasteiger partial charge on any atom is 0.0894 e. The highest BCUT2D eigenvalue weighted by Gasteiger charge is 2.17. The lowest BCUT2D eigenvalue weighted by molar-refractivity contribution is 0.251. The fourth-order valence-electron chi connectivity index (χ4n) is 2.61. The number of hydrogen-bond donors (Lipinski definition) is 0. The molecule has 3 nitrogen and oxygen atoms in total. The third kappa shape index (κ3) is 4.16. The number of aryl methyl sites for hydroxylation is 1. The molecule has 0 spiro atoms. The van der Waals surface area contributed by atoms with Crippen LogP contribution >= 0.6 is 0 Å². The molecule has 0 aliphatic carbocycles. The van der Waals surface area contributed by atoms with Gasteiger partial charge < -0.3 is 4.90 Å². The lowest BCUT2D eigenvalue weighted by atomic mass is 10.2. The minimum absolute atomic E-state index is 0.173. The van der Waals surface area contributed by atoms with E-state index < -0.39 is 0 Å². The fraction of sp³-hybridized carbons (Fsp3) is 0.667. The quantitative estimate of drug-likeness (QED) is 0.737. The summed E-state index contributed by atoms with van der Waals surface area (Å²) in [6.07, 6.45) is 6.66. The Labute approximate surface area is 115 Å². The van der Waals surface area contributed by atoms with E-state index in [9.17, 15) is 4.39 Å². The van der Waals surface area contributed by atoms with Gasteiger partial charge >= 0.3 is 0 Å². The second kappa shape index (κ2) is 7.43. The first-order chi connectivity index (χ1) is 9.31. The predicted molar refractivity (Wildman–Crippen MR) is 77.5 cm³/mol. The van der Waals surface area contributed by atoms with Crippen molar-refractivity contribution in [3.05, 3.63) is 24.0 Å². The number of unbranched alkanes of at least 4 members (excludes halogenated alkanes) is 2. The second-order valence-corrected chi connectivity index (χ2v) is 5.24. The van der Waals surface area contributed by atoms with E-state index in [4.69, 9.17) is 0 Å². The number of pyridine rings is 1. The largest absolute Gasteiger partial charge is 0.368 e. The molecule has 0 aromatic carbocycles. The van der Waals surface area contributed by atoms with Crippen molar-refractivity contribution >= 4 is 5.69 Å². The standard InChI is InChI=1S/C15H24FN3/c1-14-5-7-17-13-15(14)19-11-9-18(10-12-19)8-4-2-3-6-16/h5,7,13H,2-4,6,8-12H2,1H3. The van der Waals surface area contributed by atoms with Crippen LogP contribution in [-0.4, -0.2) is 49.3 Å². The van der Waals surface area contributed by atoms with Gasteiger partial charge in [0, 0.05) is 32.4 Å². The summed E-state index contributed by atoms with van der Waals surface area (Å²) in [4.78, 5) is 9.12. The Balaban J connectivity index is 1.75. The van der Waals surface area contributed by atoms with Crippen LogP contribution in [0.2, 0.25) is 0 Å². The van der Waals surface area contributed by atoms with Gasteiger partial charge in [0.2, 0.25) is 0 Å². The van der Waals surface area contributed by atoms with Crippen molar-refractivity contribution in [2.24, 2.45) is 0 Å². The molecule has 1 aliphatic rings. The van der Waals surface area contributed by atoms with Crippen molar-refractivity contribution in [2.45, 2.75) is 26.2 Å². The van der Waals surface area contributed by atoms with E-state index in [1.807, 2.05) is 12.4 Å². The Morgan fingerprint density at radius 3 is 2.63 bits per heavy atom. The van der Waals surface area contributed by atoms with E-state index in [1.165, 1.54) is 11.3 Å². The van der Waals surface area contributed by atoms with Crippen molar-refractivity contribution < 1.29 is 4.39 Å². The Morgan fingerprint density at radius 2 is 1.95 bits per heavy atom. The van der Waals surface area contributed by atoms with E-state index >= 15 is 0 Å². The number of aromatic nitrogens is 1. The average molecular weight is 265 g/mol. The second-order valence-electron chi connectivity index (χ2n) is 5.24. The van der Waals surface area contributed by atoms with Gasteiger partial charge in [-0.2, -0.15) is 0 Å². The van der Waals surface area contributed by atoms with E-state index in [0.29, 0.717) is 0 Å². The molecule has 1 fully saturated rings. The molecule has 1 aliphatic heterocycles. The first-order valence-electron chi connectivity index (χ1n) is 7.25. The molecule has 19 heavy (non-hydrogen) atoms. The Morgan fingerprint density at radius 1 is 1.16 bits per heavy atom. The van der Waals surface area contributed by atoms with Crippen LogP contribution in [0.1, 0.15) is 24.8 Å². The highest BCUT2D eigenvalue weighted by Crippen LogP contribution is 2.19. The lowest BCUT2D eigenvalue weighted by Gasteiger charge is -2.36. The number of alkyl halides is 1. The van der Waals surface area contributed by atoms with Crippen LogP contribution in [-0.2, 0) is 0 Å². The van der Waals surface area contributed by atoms with Crippen LogP contribution < -0.4 is 4.90 Å². The summed E-state index contributed by atoms with van der Waals surface area (Å²) >= 11 is 0. The molecule has 0 atom stereocenters. The van der Waals surface area contributed by atoms with Gasteiger partial charge in [-0.25, -0.2) is 0 Å². The first kappa shape index (κ1) is 14.3. The number of nitrogens with zero attached hydrogens (tertiary/aromatic N) is 3. The van der Waals surface area contributed by atoms with Crippen molar-refractivity contribution in [3.63, 3.8) is 0 Å². The molecule has 2 heterocycles. The van der Waals surface area contributed by atoms with Crippen LogP contribution in [0.4, 0.5) is 10.1 Å². The molecule has 4 heteroatoms. The number of piperazine rings is 1. The van der Waals surface area contributed by atoms with Crippen LogP contribution in [0, 0.1) is 6.92 Å². The van der Waals surface area contributed by atoms with Gasteiger partial charge in [-0.15, -0.1) is 0 Å². The first-order valence-corrected chi connectivity index (χ1v) is 7.25. The monoisotopic (exact) mass is 265 g/mol. The number of anilines is 1.